The van der Waals surface area contributed by atoms with E-state index in [1.54, 1.807) is 0 Å². The maximum atomic E-state index is 12.5. The second kappa shape index (κ2) is 3.12. The van der Waals surface area contributed by atoms with Crippen LogP contribution in [0.15, 0.2) is 17.0 Å². The average molecular weight is 229 g/mol. The van der Waals surface area contributed by atoms with E-state index in [0.29, 0.717) is 12.1 Å². The van der Waals surface area contributed by atoms with Crippen LogP contribution >= 0.6 is 10.7 Å². The lowest BCUT2D eigenvalue weighted by Crippen LogP contribution is -1.94. The maximum absolute atomic E-state index is 12.5. The van der Waals surface area contributed by atoms with Gasteiger partial charge in [0.15, 0.2) is 11.6 Å². The van der Waals surface area contributed by atoms with E-state index in [9.17, 15) is 17.2 Å². The largest absolute Gasteiger partial charge is 0.506 e. The van der Waals surface area contributed by atoms with Crippen molar-refractivity contribution in [2.24, 2.45) is 0 Å². The first-order valence-electron chi connectivity index (χ1n) is 2.95. The lowest BCUT2D eigenvalue weighted by Gasteiger charge is -2.00. The molecule has 72 valence electrons. The predicted octanol–water partition coefficient (Wildman–Crippen LogP) is 1.60. The topological polar surface area (TPSA) is 54.4 Å². The van der Waals surface area contributed by atoms with E-state index in [1.165, 1.54) is 0 Å². The van der Waals surface area contributed by atoms with Gasteiger partial charge >= 0.3 is 0 Å². The highest BCUT2D eigenvalue weighted by atomic mass is 35.7. The van der Waals surface area contributed by atoms with E-state index in [-0.39, 0.29) is 0 Å². The minimum atomic E-state index is -4.26. The van der Waals surface area contributed by atoms with Gasteiger partial charge in [0.2, 0.25) is 0 Å². The number of phenols is 1. The molecule has 3 nitrogen and oxygen atoms in total. The summed E-state index contributed by atoms with van der Waals surface area (Å²) in [6, 6.07) is 0.650. The van der Waals surface area contributed by atoms with Crippen molar-refractivity contribution in [1.29, 1.82) is 0 Å². The number of halogens is 3. The molecule has 0 aliphatic rings. The van der Waals surface area contributed by atoms with Gasteiger partial charge in [0.25, 0.3) is 9.05 Å². The number of aromatic hydroxyl groups is 1. The minimum Gasteiger partial charge on any atom is -0.506 e. The summed E-state index contributed by atoms with van der Waals surface area (Å²) in [5.74, 6) is -3.66. The molecular formula is C6H3ClF2O3S. The Bertz CT molecular complexity index is 443. The molecule has 7 heteroatoms. The molecule has 0 radical (unpaired) electrons. The molecular weight excluding hydrogens is 226 g/mol. The van der Waals surface area contributed by atoms with Gasteiger partial charge in [-0.05, 0) is 0 Å². The molecule has 0 heterocycles. The number of phenolic OH excluding ortho intramolecular Hbond substituents is 1. The summed E-state index contributed by atoms with van der Waals surface area (Å²) in [6.07, 6.45) is 0. The zero-order chi connectivity index (χ0) is 10.2. The fourth-order valence-corrected chi connectivity index (χ4v) is 1.64. The molecule has 1 aromatic rings. The Morgan fingerprint density at radius 1 is 1.23 bits per heavy atom. The third kappa shape index (κ3) is 2.07. The molecule has 0 spiro atoms. The van der Waals surface area contributed by atoms with E-state index in [1.807, 2.05) is 0 Å². The van der Waals surface area contributed by atoms with Crippen LogP contribution in [-0.2, 0) is 9.05 Å². The molecule has 0 bridgehead atoms. The molecule has 0 atom stereocenters. The van der Waals surface area contributed by atoms with Crippen LogP contribution in [-0.4, -0.2) is 13.5 Å². The molecule has 0 aliphatic carbocycles. The van der Waals surface area contributed by atoms with E-state index in [4.69, 9.17) is 15.8 Å². The highest BCUT2D eigenvalue weighted by molar-refractivity contribution is 8.13. The molecule has 1 aromatic carbocycles. The third-order valence-electron chi connectivity index (χ3n) is 1.26. The lowest BCUT2D eigenvalue weighted by atomic mass is 10.3. The molecule has 0 saturated carbocycles. The molecule has 0 unspecified atom stereocenters. The monoisotopic (exact) mass is 228 g/mol. The molecule has 13 heavy (non-hydrogen) atoms. The summed E-state index contributed by atoms with van der Waals surface area (Å²) in [6.45, 7) is 0. The predicted molar refractivity (Wildman–Crippen MR) is 41.1 cm³/mol. The van der Waals surface area contributed by atoms with Crippen LogP contribution in [0, 0.1) is 11.6 Å². The summed E-state index contributed by atoms with van der Waals surface area (Å²) in [5.41, 5.74) is 0. The van der Waals surface area contributed by atoms with Gasteiger partial charge in [-0.25, -0.2) is 17.2 Å². The quantitative estimate of drug-likeness (QED) is 0.743. The standard InChI is InChI=1S/C6H3ClF2O3S/c7-13(11,12)6-2-4(9)3(8)1-5(6)10/h1-2,10H. The van der Waals surface area contributed by atoms with Crippen LogP contribution in [0.1, 0.15) is 0 Å². The van der Waals surface area contributed by atoms with Crippen LogP contribution in [0.5, 0.6) is 5.75 Å². The van der Waals surface area contributed by atoms with Gasteiger partial charge in [-0.3, -0.25) is 0 Å². The van der Waals surface area contributed by atoms with Crippen LogP contribution in [0.25, 0.3) is 0 Å². The van der Waals surface area contributed by atoms with Crippen LogP contribution in [0.4, 0.5) is 8.78 Å². The molecule has 0 aliphatic heterocycles. The summed E-state index contributed by atoms with van der Waals surface area (Å²) < 4.78 is 46.1. The van der Waals surface area contributed by atoms with Crippen molar-refractivity contribution in [2.75, 3.05) is 0 Å². The Labute approximate surface area is 77.0 Å². The van der Waals surface area contributed by atoms with Gasteiger partial charge in [-0.2, -0.15) is 0 Å². The van der Waals surface area contributed by atoms with Crippen molar-refractivity contribution in [2.45, 2.75) is 4.90 Å². The van der Waals surface area contributed by atoms with E-state index in [0.717, 1.165) is 0 Å². The molecule has 0 aromatic heterocycles. The second-order valence-electron chi connectivity index (χ2n) is 2.17. The summed E-state index contributed by atoms with van der Waals surface area (Å²) in [4.78, 5) is -0.854. The second-order valence-corrected chi connectivity index (χ2v) is 4.71. The zero-order valence-corrected chi connectivity index (χ0v) is 7.53. The van der Waals surface area contributed by atoms with Gasteiger partial charge in [0, 0.05) is 22.8 Å². The molecule has 0 fully saturated rings. The molecule has 0 saturated heterocycles. The van der Waals surface area contributed by atoms with Gasteiger partial charge in [0.05, 0.1) is 0 Å². The number of hydrogen-bond acceptors (Lipinski definition) is 3. The first-order valence-corrected chi connectivity index (χ1v) is 5.26. The van der Waals surface area contributed by atoms with E-state index < -0.39 is 31.3 Å². The Hall–Kier alpha value is -0.880. The average Bonchev–Trinajstić information content (AvgIpc) is 1.94. The van der Waals surface area contributed by atoms with Crippen molar-refractivity contribution >= 4 is 19.7 Å². The van der Waals surface area contributed by atoms with Crippen LogP contribution in [0.2, 0.25) is 0 Å². The third-order valence-corrected chi connectivity index (χ3v) is 2.62. The zero-order valence-electron chi connectivity index (χ0n) is 5.96. The summed E-state index contributed by atoms with van der Waals surface area (Å²) in [5, 5.41) is 8.88. The fourth-order valence-electron chi connectivity index (χ4n) is 0.713. The van der Waals surface area contributed by atoms with Crippen LogP contribution in [0.3, 0.4) is 0 Å². The molecule has 0 amide bonds. The highest BCUT2D eigenvalue weighted by Gasteiger charge is 2.18. The van der Waals surface area contributed by atoms with Crippen molar-refractivity contribution in [1.82, 2.24) is 0 Å². The van der Waals surface area contributed by atoms with Gasteiger partial charge in [-0.1, -0.05) is 0 Å². The Morgan fingerprint density at radius 3 is 2.15 bits per heavy atom. The normalized spacial score (nSPS) is 11.6. The van der Waals surface area contributed by atoms with Gasteiger partial charge < -0.3 is 5.11 Å². The van der Waals surface area contributed by atoms with Crippen molar-refractivity contribution < 1.29 is 22.3 Å². The Morgan fingerprint density at radius 2 is 1.69 bits per heavy atom. The first-order chi connectivity index (χ1) is 5.82. The van der Waals surface area contributed by atoms with Crippen LogP contribution < -0.4 is 0 Å². The van der Waals surface area contributed by atoms with E-state index >= 15 is 0 Å². The summed E-state index contributed by atoms with van der Waals surface area (Å²) >= 11 is 0. The minimum absolute atomic E-state index is 0.312. The van der Waals surface area contributed by atoms with Crippen molar-refractivity contribution in [3.63, 3.8) is 0 Å². The number of benzene rings is 1. The summed E-state index contributed by atoms with van der Waals surface area (Å²) in [7, 11) is 0.554. The van der Waals surface area contributed by atoms with Gasteiger partial charge in [0.1, 0.15) is 10.6 Å². The Balaban J connectivity index is 3.50. The number of hydrogen-bond donors (Lipinski definition) is 1. The highest BCUT2D eigenvalue weighted by Crippen LogP contribution is 2.27. The maximum Gasteiger partial charge on any atom is 0.265 e. The smallest absolute Gasteiger partial charge is 0.265 e. The fraction of sp³-hybridized carbons (Fsp3) is 0. The Kier molecular flexibility index (Phi) is 2.44. The SMILES string of the molecule is O=S(=O)(Cl)c1cc(F)c(F)cc1O. The van der Waals surface area contributed by atoms with Crippen molar-refractivity contribution in [3.05, 3.63) is 23.8 Å². The van der Waals surface area contributed by atoms with E-state index in [2.05, 4.69) is 0 Å². The van der Waals surface area contributed by atoms with Crippen molar-refractivity contribution in [3.8, 4) is 5.75 Å². The lowest BCUT2D eigenvalue weighted by molar-refractivity contribution is 0.438. The molecule has 1 rings (SSSR count). The number of rotatable bonds is 1. The van der Waals surface area contributed by atoms with Gasteiger partial charge in [-0.15, -0.1) is 0 Å². The first kappa shape index (κ1) is 10.2. The molecule has 1 N–H and O–H groups in total.